The van der Waals surface area contributed by atoms with Crippen LogP contribution < -0.4 is 4.74 Å². The van der Waals surface area contributed by atoms with E-state index in [1.165, 1.54) is 6.08 Å². The number of hydrogen-bond acceptors (Lipinski definition) is 3. The van der Waals surface area contributed by atoms with Crippen LogP contribution in [0.15, 0.2) is 30.3 Å². The standard InChI is InChI=1S/C14H18O4/c1-2-17-9-4-10-18-13-6-3-5-12(11-13)7-8-14(15)16/h3,5-8,11H,2,4,9-10H2,1H3,(H,15,16). The van der Waals surface area contributed by atoms with Gasteiger partial charge in [-0.2, -0.15) is 0 Å². The minimum absolute atomic E-state index is 0.589. The lowest BCUT2D eigenvalue weighted by atomic mass is 10.2. The summed E-state index contributed by atoms with van der Waals surface area (Å²) in [6.45, 7) is 3.95. The molecular formula is C14H18O4. The van der Waals surface area contributed by atoms with E-state index in [1.54, 1.807) is 6.07 Å². The maximum atomic E-state index is 10.4. The first-order valence-electron chi connectivity index (χ1n) is 5.94. The Labute approximate surface area is 107 Å². The van der Waals surface area contributed by atoms with Crippen LogP contribution in [0, 0.1) is 0 Å². The van der Waals surface area contributed by atoms with Gasteiger partial charge < -0.3 is 14.6 Å². The van der Waals surface area contributed by atoms with E-state index in [0.29, 0.717) is 13.2 Å². The van der Waals surface area contributed by atoms with Crippen LogP contribution in [0.4, 0.5) is 0 Å². The molecule has 0 aromatic heterocycles. The van der Waals surface area contributed by atoms with Crippen molar-refractivity contribution in [2.24, 2.45) is 0 Å². The first-order valence-corrected chi connectivity index (χ1v) is 5.94. The number of carbonyl (C=O) groups is 1. The van der Waals surface area contributed by atoms with Gasteiger partial charge in [0.15, 0.2) is 0 Å². The summed E-state index contributed by atoms with van der Waals surface area (Å²) >= 11 is 0. The molecule has 1 rings (SSSR count). The monoisotopic (exact) mass is 250 g/mol. The van der Waals surface area contributed by atoms with Crippen LogP contribution in [0.2, 0.25) is 0 Å². The number of benzene rings is 1. The molecule has 0 aliphatic heterocycles. The van der Waals surface area contributed by atoms with Crippen molar-refractivity contribution in [3.63, 3.8) is 0 Å². The van der Waals surface area contributed by atoms with Gasteiger partial charge >= 0.3 is 5.97 Å². The van der Waals surface area contributed by atoms with Crippen molar-refractivity contribution in [1.82, 2.24) is 0 Å². The van der Waals surface area contributed by atoms with E-state index in [4.69, 9.17) is 14.6 Å². The lowest BCUT2D eigenvalue weighted by Gasteiger charge is -2.06. The fraction of sp³-hybridized carbons (Fsp3) is 0.357. The third kappa shape index (κ3) is 6.06. The van der Waals surface area contributed by atoms with Crippen LogP contribution in [0.25, 0.3) is 6.08 Å². The second kappa shape index (κ2) is 8.31. The van der Waals surface area contributed by atoms with Gasteiger partial charge in [-0.1, -0.05) is 12.1 Å². The molecule has 0 atom stereocenters. The molecule has 0 aliphatic carbocycles. The van der Waals surface area contributed by atoms with Crippen molar-refractivity contribution in [3.05, 3.63) is 35.9 Å². The van der Waals surface area contributed by atoms with Gasteiger partial charge in [0.25, 0.3) is 0 Å². The summed E-state index contributed by atoms with van der Waals surface area (Å²) < 4.78 is 10.7. The quantitative estimate of drug-likeness (QED) is 0.569. The van der Waals surface area contributed by atoms with E-state index in [-0.39, 0.29) is 0 Å². The molecule has 4 nitrogen and oxygen atoms in total. The van der Waals surface area contributed by atoms with E-state index in [2.05, 4.69) is 0 Å². The van der Waals surface area contributed by atoms with Gasteiger partial charge in [-0.05, 0) is 30.7 Å². The highest BCUT2D eigenvalue weighted by atomic mass is 16.5. The molecule has 0 radical (unpaired) electrons. The second-order valence-electron chi connectivity index (χ2n) is 3.64. The molecule has 1 N–H and O–H groups in total. The van der Waals surface area contributed by atoms with Crippen molar-refractivity contribution in [2.75, 3.05) is 19.8 Å². The molecule has 0 amide bonds. The van der Waals surface area contributed by atoms with Crippen LogP contribution in [0.3, 0.4) is 0 Å². The molecule has 0 saturated heterocycles. The Balaban J connectivity index is 2.42. The van der Waals surface area contributed by atoms with Gasteiger partial charge in [-0.15, -0.1) is 0 Å². The van der Waals surface area contributed by atoms with Crippen molar-refractivity contribution in [1.29, 1.82) is 0 Å². The Morgan fingerprint density at radius 3 is 2.94 bits per heavy atom. The minimum atomic E-state index is -0.960. The van der Waals surface area contributed by atoms with Crippen LogP contribution >= 0.6 is 0 Å². The molecule has 98 valence electrons. The molecule has 18 heavy (non-hydrogen) atoms. The largest absolute Gasteiger partial charge is 0.493 e. The highest BCUT2D eigenvalue weighted by Crippen LogP contribution is 2.14. The van der Waals surface area contributed by atoms with Crippen molar-refractivity contribution >= 4 is 12.0 Å². The molecule has 0 fully saturated rings. The fourth-order valence-corrected chi connectivity index (χ4v) is 1.37. The molecule has 1 aromatic carbocycles. The molecular weight excluding hydrogens is 232 g/mol. The van der Waals surface area contributed by atoms with Crippen molar-refractivity contribution in [2.45, 2.75) is 13.3 Å². The Morgan fingerprint density at radius 2 is 2.22 bits per heavy atom. The zero-order valence-electron chi connectivity index (χ0n) is 10.5. The van der Waals surface area contributed by atoms with E-state index in [1.807, 2.05) is 25.1 Å². The Bertz CT molecular complexity index is 399. The van der Waals surface area contributed by atoms with E-state index < -0.39 is 5.97 Å². The zero-order valence-corrected chi connectivity index (χ0v) is 10.5. The smallest absolute Gasteiger partial charge is 0.328 e. The lowest BCUT2D eigenvalue weighted by molar-refractivity contribution is -0.131. The average Bonchev–Trinajstić information content (AvgIpc) is 2.37. The molecule has 0 bridgehead atoms. The average molecular weight is 250 g/mol. The molecule has 1 aromatic rings. The van der Waals surface area contributed by atoms with Gasteiger partial charge in [0, 0.05) is 25.7 Å². The number of ether oxygens (including phenoxy) is 2. The number of hydrogen-bond donors (Lipinski definition) is 1. The summed E-state index contributed by atoms with van der Waals surface area (Å²) in [5.41, 5.74) is 0.805. The van der Waals surface area contributed by atoms with Crippen LogP contribution in [0.5, 0.6) is 5.75 Å². The third-order valence-corrected chi connectivity index (χ3v) is 2.18. The van der Waals surface area contributed by atoms with Crippen LogP contribution in [-0.4, -0.2) is 30.9 Å². The first-order chi connectivity index (χ1) is 8.72. The maximum absolute atomic E-state index is 10.4. The summed E-state index contributed by atoms with van der Waals surface area (Å²) in [6, 6.07) is 7.31. The number of carboxylic acid groups (broad SMARTS) is 1. The number of rotatable bonds is 8. The van der Waals surface area contributed by atoms with Crippen LogP contribution in [-0.2, 0) is 9.53 Å². The van der Waals surface area contributed by atoms with Crippen molar-refractivity contribution in [3.8, 4) is 5.75 Å². The Hall–Kier alpha value is -1.81. The predicted molar refractivity (Wildman–Crippen MR) is 69.7 cm³/mol. The third-order valence-electron chi connectivity index (χ3n) is 2.18. The topological polar surface area (TPSA) is 55.8 Å². The molecule has 0 unspecified atom stereocenters. The predicted octanol–water partition coefficient (Wildman–Crippen LogP) is 2.59. The number of carboxylic acids is 1. The first kappa shape index (κ1) is 14.3. The Morgan fingerprint density at radius 1 is 1.39 bits per heavy atom. The van der Waals surface area contributed by atoms with E-state index >= 15 is 0 Å². The molecule has 4 heteroatoms. The highest BCUT2D eigenvalue weighted by Gasteiger charge is 1.96. The van der Waals surface area contributed by atoms with Gasteiger partial charge in [-0.25, -0.2) is 4.79 Å². The van der Waals surface area contributed by atoms with Gasteiger partial charge in [-0.3, -0.25) is 0 Å². The summed E-state index contributed by atoms with van der Waals surface area (Å²) in [7, 11) is 0. The van der Waals surface area contributed by atoms with Crippen molar-refractivity contribution < 1.29 is 19.4 Å². The SMILES string of the molecule is CCOCCCOc1cccc(C=CC(=O)O)c1. The lowest BCUT2D eigenvalue weighted by Crippen LogP contribution is -2.02. The van der Waals surface area contributed by atoms with Gasteiger partial charge in [0.1, 0.15) is 5.75 Å². The molecule has 0 heterocycles. The van der Waals surface area contributed by atoms with Gasteiger partial charge in [0.05, 0.1) is 6.61 Å². The highest BCUT2D eigenvalue weighted by molar-refractivity contribution is 5.85. The number of aliphatic carboxylic acids is 1. The summed E-state index contributed by atoms with van der Waals surface area (Å²) in [4.78, 5) is 10.4. The van der Waals surface area contributed by atoms with E-state index in [0.717, 1.165) is 30.4 Å². The second-order valence-corrected chi connectivity index (χ2v) is 3.64. The summed E-state index contributed by atoms with van der Waals surface area (Å²) in [6.07, 6.45) is 3.48. The fourth-order valence-electron chi connectivity index (χ4n) is 1.37. The summed E-state index contributed by atoms with van der Waals surface area (Å²) in [5.74, 6) is -0.225. The van der Waals surface area contributed by atoms with Crippen LogP contribution in [0.1, 0.15) is 18.9 Å². The Kier molecular flexibility index (Phi) is 6.58. The minimum Gasteiger partial charge on any atom is -0.493 e. The molecule has 0 spiro atoms. The maximum Gasteiger partial charge on any atom is 0.328 e. The summed E-state index contributed by atoms with van der Waals surface area (Å²) in [5, 5.41) is 8.54. The molecule has 0 aliphatic rings. The van der Waals surface area contributed by atoms with E-state index in [9.17, 15) is 4.79 Å². The van der Waals surface area contributed by atoms with Gasteiger partial charge in [0.2, 0.25) is 0 Å². The zero-order chi connectivity index (χ0) is 13.2. The normalized spacial score (nSPS) is 10.7. The molecule has 0 saturated carbocycles.